The zero-order valence-electron chi connectivity index (χ0n) is 19.3. The van der Waals surface area contributed by atoms with Crippen LogP contribution in [0.25, 0.3) is 10.9 Å². The van der Waals surface area contributed by atoms with Crippen LogP contribution in [0.2, 0.25) is 10.0 Å². The summed E-state index contributed by atoms with van der Waals surface area (Å²) >= 11 is 12.6. The van der Waals surface area contributed by atoms with Crippen LogP contribution in [-0.4, -0.2) is 14.5 Å². The number of benzene rings is 3. The Hall–Kier alpha value is -4.19. The van der Waals surface area contributed by atoms with Crippen LogP contribution in [0.15, 0.2) is 73.2 Å². The van der Waals surface area contributed by atoms with Gasteiger partial charge in [-0.3, -0.25) is 4.98 Å². The maximum Gasteiger partial charge on any atom is 0.141 e. The first kappa shape index (κ1) is 24.5. The quantitative estimate of drug-likeness (QED) is 0.237. The largest absolute Gasteiger partial charge is 0.371 e. The van der Waals surface area contributed by atoms with Gasteiger partial charge < -0.3 is 15.2 Å². The highest BCUT2D eigenvalue weighted by molar-refractivity contribution is 6.36. The Balaban J connectivity index is 1.62. The molecule has 1 unspecified atom stereocenters. The van der Waals surface area contributed by atoms with E-state index >= 15 is 0 Å². The molecular formula is C27H18Cl2F2N6. The number of pyridine rings is 1. The lowest BCUT2D eigenvalue weighted by Crippen LogP contribution is -2.17. The summed E-state index contributed by atoms with van der Waals surface area (Å²) in [6.45, 7) is 0. The van der Waals surface area contributed by atoms with Crippen molar-refractivity contribution in [2.75, 3.05) is 10.6 Å². The Kier molecular flexibility index (Phi) is 6.66. The van der Waals surface area contributed by atoms with Gasteiger partial charge in [0.1, 0.15) is 29.6 Å². The highest BCUT2D eigenvalue weighted by Gasteiger charge is 2.20. The van der Waals surface area contributed by atoms with E-state index in [2.05, 4.69) is 26.7 Å². The molecule has 0 amide bonds. The molecule has 0 bridgehead atoms. The normalized spacial score (nSPS) is 11.8. The predicted molar refractivity (Wildman–Crippen MR) is 141 cm³/mol. The molecule has 0 fully saturated rings. The monoisotopic (exact) mass is 534 g/mol. The lowest BCUT2D eigenvalue weighted by molar-refractivity contribution is 0.626. The molecule has 184 valence electrons. The van der Waals surface area contributed by atoms with Crippen LogP contribution in [0.4, 0.5) is 25.8 Å². The van der Waals surface area contributed by atoms with Crippen molar-refractivity contribution in [1.29, 1.82) is 5.26 Å². The van der Waals surface area contributed by atoms with Gasteiger partial charge >= 0.3 is 0 Å². The van der Waals surface area contributed by atoms with Gasteiger partial charge in [0.05, 0.1) is 26.8 Å². The summed E-state index contributed by atoms with van der Waals surface area (Å²) in [5.74, 6) is -0.197. The smallest absolute Gasteiger partial charge is 0.141 e. The van der Waals surface area contributed by atoms with Crippen molar-refractivity contribution in [2.24, 2.45) is 7.05 Å². The van der Waals surface area contributed by atoms with Gasteiger partial charge in [-0.25, -0.2) is 13.8 Å². The number of aryl methyl sites for hydroxylation is 1. The Labute approximate surface area is 221 Å². The molecule has 5 aromatic rings. The molecule has 3 aromatic carbocycles. The molecule has 0 spiro atoms. The Morgan fingerprint density at radius 3 is 2.41 bits per heavy atom. The molecule has 0 aliphatic heterocycles. The lowest BCUT2D eigenvalue weighted by atomic mass is 10.0. The number of hydrogen-bond donors (Lipinski definition) is 2. The number of nitrogens with one attached hydrogen (secondary N) is 2. The molecule has 2 heterocycles. The van der Waals surface area contributed by atoms with Gasteiger partial charge in [-0.15, -0.1) is 0 Å². The van der Waals surface area contributed by atoms with E-state index in [9.17, 15) is 14.0 Å². The van der Waals surface area contributed by atoms with E-state index in [0.29, 0.717) is 38.8 Å². The lowest BCUT2D eigenvalue weighted by Gasteiger charge is -2.21. The third kappa shape index (κ3) is 4.92. The topological polar surface area (TPSA) is 78.6 Å². The summed E-state index contributed by atoms with van der Waals surface area (Å²) in [4.78, 5) is 8.85. The minimum atomic E-state index is -0.553. The van der Waals surface area contributed by atoms with Crippen molar-refractivity contribution in [3.8, 4) is 6.07 Å². The molecule has 6 nitrogen and oxygen atoms in total. The van der Waals surface area contributed by atoms with Crippen LogP contribution < -0.4 is 10.6 Å². The third-order valence-corrected chi connectivity index (χ3v) is 6.44. The van der Waals surface area contributed by atoms with Crippen molar-refractivity contribution in [2.45, 2.75) is 6.04 Å². The van der Waals surface area contributed by atoms with Gasteiger partial charge in [0.2, 0.25) is 0 Å². The minimum absolute atomic E-state index is 0.0561. The average Bonchev–Trinajstić information content (AvgIpc) is 3.31. The number of rotatable bonds is 6. The maximum atomic E-state index is 13.7. The maximum absolute atomic E-state index is 13.7. The van der Waals surface area contributed by atoms with Crippen LogP contribution in [-0.2, 0) is 7.05 Å². The summed E-state index contributed by atoms with van der Waals surface area (Å²) in [7, 11) is 1.87. The highest BCUT2D eigenvalue weighted by Crippen LogP contribution is 2.37. The van der Waals surface area contributed by atoms with Crippen LogP contribution in [0.5, 0.6) is 0 Å². The highest BCUT2D eigenvalue weighted by atomic mass is 35.5. The molecule has 0 saturated heterocycles. The Morgan fingerprint density at radius 2 is 1.73 bits per heavy atom. The van der Waals surface area contributed by atoms with Crippen molar-refractivity contribution in [1.82, 2.24) is 14.5 Å². The zero-order valence-corrected chi connectivity index (χ0v) is 20.8. The molecular weight excluding hydrogens is 517 g/mol. The molecule has 0 aliphatic rings. The van der Waals surface area contributed by atoms with Crippen molar-refractivity contribution < 1.29 is 8.78 Å². The molecule has 5 rings (SSSR count). The standard InChI is InChI=1S/C27H18Cl2F2N6/c1-37-9-8-33-27(37)25(15-2-4-17(30)5-3-15)36-19-10-20-24(35-18-6-7-23(31)21(28)11-18)16(13-32)14-34-26(20)22(29)12-19/h2-12,14,25,36H,1H3,(H,34,35). The van der Waals surface area contributed by atoms with Crippen LogP contribution >= 0.6 is 23.2 Å². The predicted octanol–water partition coefficient (Wildman–Crippen LogP) is 7.37. The fourth-order valence-corrected chi connectivity index (χ4v) is 4.50. The number of nitriles is 1. The summed E-state index contributed by atoms with van der Waals surface area (Å²) in [6, 6.07) is 15.6. The first-order valence-electron chi connectivity index (χ1n) is 11.1. The van der Waals surface area contributed by atoms with Crippen molar-refractivity contribution in [3.63, 3.8) is 0 Å². The van der Waals surface area contributed by atoms with E-state index in [4.69, 9.17) is 23.2 Å². The van der Waals surface area contributed by atoms with Crippen LogP contribution in [0.1, 0.15) is 23.0 Å². The molecule has 0 saturated carbocycles. The SMILES string of the molecule is Cn1ccnc1C(Nc1cc(Cl)c2ncc(C#N)c(Nc3ccc(F)c(Cl)c3)c2c1)c1ccc(F)cc1. The Morgan fingerprint density at radius 1 is 0.973 bits per heavy atom. The van der Waals surface area contributed by atoms with Gasteiger partial charge in [0, 0.05) is 42.4 Å². The number of hydrogen-bond acceptors (Lipinski definition) is 5. The number of anilines is 3. The number of nitrogens with zero attached hydrogens (tertiary/aromatic N) is 4. The number of halogens is 4. The molecule has 0 radical (unpaired) electrons. The second-order valence-electron chi connectivity index (χ2n) is 8.29. The van der Waals surface area contributed by atoms with Gasteiger partial charge in [-0.05, 0) is 48.0 Å². The van der Waals surface area contributed by atoms with E-state index < -0.39 is 11.9 Å². The number of fused-ring (bicyclic) bond motifs is 1. The molecule has 10 heteroatoms. The number of aromatic nitrogens is 3. The third-order valence-electron chi connectivity index (χ3n) is 5.87. The first-order valence-corrected chi connectivity index (χ1v) is 11.8. The summed E-state index contributed by atoms with van der Waals surface area (Å²) in [5, 5.41) is 17.2. The van der Waals surface area contributed by atoms with Gasteiger partial charge in [-0.2, -0.15) is 5.26 Å². The van der Waals surface area contributed by atoms with E-state index in [-0.39, 0.29) is 16.4 Å². The van der Waals surface area contributed by atoms with Gasteiger partial charge in [0.25, 0.3) is 0 Å². The average molecular weight is 535 g/mol. The molecule has 0 aliphatic carbocycles. The molecule has 2 aromatic heterocycles. The molecule has 2 N–H and O–H groups in total. The van der Waals surface area contributed by atoms with Crippen LogP contribution in [0, 0.1) is 23.0 Å². The summed E-state index contributed by atoms with van der Waals surface area (Å²) < 4.78 is 29.2. The van der Waals surface area contributed by atoms with Gasteiger partial charge in [0.15, 0.2) is 0 Å². The van der Waals surface area contributed by atoms with E-state index in [1.54, 1.807) is 24.4 Å². The molecule has 37 heavy (non-hydrogen) atoms. The molecule has 1 atom stereocenters. The zero-order chi connectivity index (χ0) is 26.1. The fraction of sp³-hybridized carbons (Fsp3) is 0.0741. The van der Waals surface area contributed by atoms with Crippen LogP contribution in [0.3, 0.4) is 0 Å². The second-order valence-corrected chi connectivity index (χ2v) is 9.11. The number of imidazole rings is 1. The first-order chi connectivity index (χ1) is 17.8. The van der Waals surface area contributed by atoms with Gasteiger partial charge in [-0.1, -0.05) is 35.3 Å². The van der Waals surface area contributed by atoms with Crippen molar-refractivity contribution in [3.05, 3.63) is 112 Å². The van der Waals surface area contributed by atoms with E-state index in [0.717, 1.165) is 5.56 Å². The summed E-state index contributed by atoms with van der Waals surface area (Å²) in [6.07, 6.45) is 4.92. The van der Waals surface area contributed by atoms with E-state index in [1.165, 1.54) is 36.5 Å². The van der Waals surface area contributed by atoms with Crippen molar-refractivity contribution >= 4 is 51.2 Å². The minimum Gasteiger partial charge on any atom is -0.371 e. The summed E-state index contributed by atoms with van der Waals surface area (Å²) in [5.41, 5.74) is 3.07. The second kappa shape index (κ2) is 10.1. The Bertz CT molecular complexity index is 1660. The van der Waals surface area contributed by atoms with E-state index in [1.807, 2.05) is 23.9 Å². The fourth-order valence-electron chi connectivity index (χ4n) is 4.05.